The Balaban J connectivity index is 1.53. The maximum Gasteiger partial charge on any atom is 0.408 e. The van der Waals surface area contributed by atoms with Gasteiger partial charge in [0, 0.05) is 35.5 Å². The minimum absolute atomic E-state index is 0.0102. The van der Waals surface area contributed by atoms with Gasteiger partial charge in [-0.25, -0.2) is 0 Å². The molecule has 0 spiro atoms. The number of amides is 2. The highest BCUT2D eigenvalue weighted by Crippen LogP contribution is 2.49. The number of nitrogens with zero attached hydrogens (tertiary/aromatic N) is 1. The van der Waals surface area contributed by atoms with Gasteiger partial charge in [-0.15, -0.1) is 0 Å². The number of aldehydes is 1. The Morgan fingerprint density at radius 3 is 2.37 bits per heavy atom. The first-order valence-electron chi connectivity index (χ1n) is 14.9. The third-order valence-corrected chi connectivity index (χ3v) is 9.51. The molecular formula is C32H40F3N3O3. The largest absolute Gasteiger partial charge is 0.408 e. The van der Waals surface area contributed by atoms with E-state index in [4.69, 9.17) is 0 Å². The zero-order valence-corrected chi connectivity index (χ0v) is 24.1. The lowest BCUT2D eigenvalue weighted by atomic mass is 9.81. The maximum atomic E-state index is 13.4. The number of alkyl halides is 3. The first-order chi connectivity index (χ1) is 19.4. The lowest BCUT2D eigenvalue weighted by Crippen LogP contribution is -2.44. The van der Waals surface area contributed by atoms with Gasteiger partial charge < -0.3 is 20.0 Å². The highest BCUT2D eigenvalue weighted by Gasteiger charge is 2.41. The highest BCUT2D eigenvalue weighted by molar-refractivity contribution is 5.98. The Morgan fingerprint density at radius 1 is 1.07 bits per heavy atom. The summed E-state index contributed by atoms with van der Waals surface area (Å²) in [5.74, 6) is -0.507. The average molecular weight is 572 g/mol. The van der Waals surface area contributed by atoms with Gasteiger partial charge in [0.1, 0.15) is 12.3 Å². The molecule has 0 radical (unpaired) electrons. The van der Waals surface area contributed by atoms with Crippen LogP contribution in [0.4, 0.5) is 13.2 Å². The summed E-state index contributed by atoms with van der Waals surface area (Å²) in [6.45, 7) is 5.70. The number of carbonyl (C=O) groups excluding carboxylic acids is 3. The number of rotatable bonds is 9. The van der Waals surface area contributed by atoms with Gasteiger partial charge >= 0.3 is 6.18 Å². The van der Waals surface area contributed by atoms with Crippen molar-refractivity contribution in [1.82, 2.24) is 15.2 Å². The summed E-state index contributed by atoms with van der Waals surface area (Å²) in [4.78, 5) is 37.5. The van der Waals surface area contributed by atoms with E-state index in [9.17, 15) is 27.6 Å². The van der Waals surface area contributed by atoms with Crippen LogP contribution in [0.2, 0.25) is 0 Å². The second-order valence-electron chi connectivity index (χ2n) is 12.8. The van der Waals surface area contributed by atoms with E-state index in [2.05, 4.69) is 22.1 Å². The van der Waals surface area contributed by atoms with Crippen LogP contribution in [0.3, 0.4) is 0 Å². The van der Waals surface area contributed by atoms with Crippen LogP contribution >= 0.6 is 0 Å². The molecule has 3 aliphatic carbocycles. The van der Waals surface area contributed by atoms with Crippen molar-refractivity contribution in [3.8, 4) is 11.3 Å². The zero-order chi connectivity index (χ0) is 29.5. The first-order valence-corrected chi connectivity index (χ1v) is 14.9. The van der Waals surface area contributed by atoms with Crippen LogP contribution < -0.4 is 10.6 Å². The summed E-state index contributed by atoms with van der Waals surface area (Å²) < 4.78 is 41.9. The van der Waals surface area contributed by atoms with E-state index in [0.717, 1.165) is 68.0 Å². The Labute approximate surface area is 239 Å². The van der Waals surface area contributed by atoms with Crippen molar-refractivity contribution in [2.75, 3.05) is 0 Å². The Morgan fingerprint density at radius 2 is 1.76 bits per heavy atom. The molecule has 2 N–H and O–H groups in total. The molecule has 3 fully saturated rings. The molecule has 1 atom stereocenters. The molecule has 41 heavy (non-hydrogen) atoms. The Kier molecular flexibility index (Phi) is 8.09. The summed E-state index contributed by atoms with van der Waals surface area (Å²) >= 11 is 0. The van der Waals surface area contributed by atoms with Crippen molar-refractivity contribution >= 4 is 18.1 Å². The van der Waals surface area contributed by atoms with Crippen LogP contribution in [-0.2, 0) is 16.8 Å². The first kappa shape index (κ1) is 29.4. The molecule has 3 saturated carbocycles. The van der Waals surface area contributed by atoms with Gasteiger partial charge in [0.25, 0.3) is 11.8 Å². The summed E-state index contributed by atoms with van der Waals surface area (Å²) in [6.07, 6.45) is 5.32. The summed E-state index contributed by atoms with van der Waals surface area (Å²) in [5, 5.41) is 5.17. The monoisotopic (exact) mass is 571 g/mol. The Hall–Kier alpha value is -3.10. The number of nitrogens with one attached hydrogen (secondary N) is 2. The van der Waals surface area contributed by atoms with E-state index >= 15 is 0 Å². The van der Waals surface area contributed by atoms with E-state index < -0.39 is 18.1 Å². The lowest BCUT2D eigenvalue weighted by molar-refractivity contribution is -0.149. The van der Waals surface area contributed by atoms with Gasteiger partial charge in [-0.3, -0.25) is 9.59 Å². The minimum atomic E-state index is -4.54. The molecule has 1 aromatic heterocycles. The van der Waals surface area contributed by atoms with E-state index in [1.54, 1.807) is 12.1 Å². The molecule has 1 heterocycles. The van der Waals surface area contributed by atoms with Crippen LogP contribution in [0, 0.1) is 18.8 Å². The maximum absolute atomic E-state index is 13.4. The molecule has 6 nitrogen and oxygen atoms in total. The smallest absolute Gasteiger partial charge is 0.349 e. The van der Waals surface area contributed by atoms with Crippen LogP contribution in [0.15, 0.2) is 24.3 Å². The molecule has 0 saturated heterocycles. The van der Waals surface area contributed by atoms with Gasteiger partial charge in [-0.1, -0.05) is 26.2 Å². The number of benzene rings is 1. The number of carbonyl (C=O) groups is 3. The third-order valence-electron chi connectivity index (χ3n) is 9.51. The SMILES string of the molecule is Cc1c(C(=O)N[C@H]2C[C@H](C=O)C2)cc(-c2cc(C(=O)N[C@@H](C)C(F)(F)F)cc(C3(C)CC3)c2)n1CC1CCCCC1. The Bertz CT molecular complexity index is 1320. The fraction of sp³-hybridized carbons (Fsp3) is 0.594. The zero-order valence-electron chi connectivity index (χ0n) is 24.1. The van der Waals surface area contributed by atoms with Crippen molar-refractivity contribution in [3.05, 3.63) is 46.6 Å². The van der Waals surface area contributed by atoms with Gasteiger partial charge in [0.15, 0.2) is 0 Å². The van der Waals surface area contributed by atoms with E-state index in [-0.39, 0.29) is 28.8 Å². The van der Waals surface area contributed by atoms with Gasteiger partial charge in [-0.2, -0.15) is 13.2 Å². The van der Waals surface area contributed by atoms with Crippen molar-refractivity contribution < 1.29 is 27.6 Å². The van der Waals surface area contributed by atoms with E-state index in [1.807, 2.05) is 19.1 Å². The highest BCUT2D eigenvalue weighted by atomic mass is 19.4. The summed E-state index contributed by atoms with van der Waals surface area (Å²) in [7, 11) is 0. The van der Waals surface area contributed by atoms with E-state index in [1.165, 1.54) is 19.3 Å². The molecular weight excluding hydrogens is 531 g/mol. The van der Waals surface area contributed by atoms with Gasteiger partial charge in [-0.05, 0) is 99.1 Å². The molecule has 2 amide bonds. The van der Waals surface area contributed by atoms with Crippen molar-refractivity contribution in [1.29, 1.82) is 0 Å². The standard InChI is InChI=1S/C32H40F3N3O3/c1-19-27(30(41)37-26-11-22(12-26)18-39)16-28(38(19)17-21-7-5-4-6-8-21)23-13-24(15-25(14-23)31(3)9-10-31)29(40)36-20(2)32(33,34)35/h13-16,18,20-22,26H,4-12,17H2,1-3H3,(H,36,40)(H,37,41)/t20-,22-,26-/m0/s1. The van der Waals surface area contributed by atoms with Gasteiger partial charge in [0.05, 0.1) is 5.56 Å². The predicted molar refractivity (Wildman–Crippen MR) is 151 cm³/mol. The molecule has 0 aliphatic heterocycles. The number of aromatic nitrogens is 1. The third kappa shape index (κ3) is 6.38. The van der Waals surface area contributed by atoms with Crippen LogP contribution in [0.25, 0.3) is 11.3 Å². The number of hydrogen-bond acceptors (Lipinski definition) is 3. The lowest BCUT2D eigenvalue weighted by Gasteiger charge is -2.32. The molecule has 0 bridgehead atoms. The summed E-state index contributed by atoms with van der Waals surface area (Å²) in [6, 6.07) is 5.25. The predicted octanol–water partition coefficient (Wildman–Crippen LogP) is 6.48. The van der Waals surface area contributed by atoms with Crippen LogP contribution in [-0.4, -0.2) is 40.9 Å². The molecule has 5 rings (SSSR count). The van der Waals surface area contributed by atoms with Crippen LogP contribution in [0.5, 0.6) is 0 Å². The van der Waals surface area contributed by atoms with Gasteiger partial charge in [0.2, 0.25) is 0 Å². The number of hydrogen-bond donors (Lipinski definition) is 2. The average Bonchev–Trinajstić information content (AvgIpc) is 3.59. The fourth-order valence-corrected chi connectivity index (χ4v) is 6.22. The quantitative estimate of drug-likeness (QED) is 0.338. The fourth-order valence-electron chi connectivity index (χ4n) is 6.22. The van der Waals surface area contributed by atoms with Crippen molar-refractivity contribution in [2.24, 2.45) is 11.8 Å². The number of halogens is 3. The minimum Gasteiger partial charge on any atom is -0.349 e. The molecule has 222 valence electrons. The second kappa shape index (κ2) is 11.3. The van der Waals surface area contributed by atoms with Crippen LogP contribution in [0.1, 0.15) is 104 Å². The second-order valence-corrected chi connectivity index (χ2v) is 12.8. The van der Waals surface area contributed by atoms with E-state index in [0.29, 0.717) is 24.3 Å². The molecule has 0 unspecified atom stereocenters. The van der Waals surface area contributed by atoms with Crippen molar-refractivity contribution in [2.45, 2.75) is 109 Å². The molecule has 3 aliphatic rings. The molecule has 9 heteroatoms. The normalized spacial score (nSPS) is 22.9. The molecule has 2 aromatic rings. The molecule has 1 aromatic carbocycles. The van der Waals surface area contributed by atoms with Crippen molar-refractivity contribution in [3.63, 3.8) is 0 Å². The topological polar surface area (TPSA) is 80.2 Å². The summed E-state index contributed by atoms with van der Waals surface area (Å²) in [5.41, 5.74) is 3.87.